The van der Waals surface area contributed by atoms with Crippen molar-refractivity contribution in [3.05, 3.63) is 41.6 Å². The van der Waals surface area contributed by atoms with Gasteiger partial charge in [-0.2, -0.15) is 0 Å². The number of hydrogen-bond donors (Lipinski definition) is 0. The van der Waals surface area contributed by atoms with E-state index in [0.29, 0.717) is 0 Å². The van der Waals surface area contributed by atoms with E-state index in [1.54, 1.807) is 0 Å². The third kappa shape index (κ3) is 4.01. The molecule has 0 aliphatic heterocycles. The van der Waals surface area contributed by atoms with Crippen molar-refractivity contribution in [1.82, 2.24) is 4.98 Å². The predicted molar refractivity (Wildman–Crippen MR) is 104 cm³/mol. The van der Waals surface area contributed by atoms with Crippen molar-refractivity contribution in [2.24, 2.45) is 0 Å². The second kappa shape index (κ2) is 7.87. The third-order valence-electron chi connectivity index (χ3n) is 4.97. The van der Waals surface area contributed by atoms with Crippen LogP contribution in [0.3, 0.4) is 0 Å². The van der Waals surface area contributed by atoms with Gasteiger partial charge in [-0.25, -0.2) is 4.98 Å². The zero-order valence-corrected chi connectivity index (χ0v) is 15.0. The average Bonchev–Trinajstić information content (AvgIpc) is 2.62. The number of aryl methyl sites for hydroxylation is 2. The van der Waals surface area contributed by atoms with E-state index in [4.69, 9.17) is 12.8 Å². The van der Waals surface area contributed by atoms with Crippen LogP contribution in [0.25, 0.3) is 11.1 Å². The van der Waals surface area contributed by atoms with Crippen LogP contribution in [0.15, 0.2) is 30.3 Å². The molecule has 0 bridgehead atoms. The second-order valence-corrected chi connectivity index (χ2v) is 7.10. The molecule has 0 amide bonds. The maximum Gasteiger partial charge on any atom is 0.128 e. The fraction of sp³-hybridized carbons (Fsp3) is 0.476. The van der Waals surface area contributed by atoms with Gasteiger partial charge in [0, 0.05) is 19.7 Å². The first-order valence-electron chi connectivity index (χ1n) is 9.21. The Bertz CT molecular complexity index is 679. The summed E-state index contributed by atoms with van der Waals surface area (Å²) >= 11 is 0. The molecule has 2 aliphatic rings. The van der Waals surface area contributed by atoms with E-state index in [9.17, 15) is 0 Å². The van der Waals surface area contributed by atoms with Crippen LogP contribution in [-0.2, 0) is 12.8 Å². The summed E-state index contributed by atoms with van der Waals surface area (Å²) in [4.78, 5) is 6.77. The van der Waals surface area contributed by atoms with Gasteiger partial charge < -0.3 is 4.90 Å². The van der Waals surface area contributed by atoms with Crippen LogP contribution in [0, 0.1) is 0 Å². The van der Waals surface area contributed by atoms with E-state index in [2.05, 4.69) is 24.3 Å². The molecule has 0 atom stereocenters. The Hall–Kier alpha value is -1.77. The van der Waals surface area contributed by atoms with E-state index < -0.39 is 0 Å². The van der Waals surface area contributed by atoms with Crippen molar-refractivity contribution < 1.29 is 0 Å². The summed E-state index contributed by atoms with van der Waals surface area (Å²) < 4.78 is 0. The Kier molecular flexibility index (Phi) is 5.60. The smallest absolute Gasteiger partial charge is 0.128 e. The van der Waals surface area contributed by atoms with Crippen molar-refractivity contribution in [1.29, 1.82) is 0 Å². The van der Waals surface area contributed by atoms with Crippen molar-refractivity contribution in [2.45, 2.75) is 51.4 Å². The Morgan fingerprint density at radius 3 is 2.08 bits per heavy atom. The molecule has 0 spiro atoms. The van der Waals surface area contributed by atoms with Crippen molar-refractivity contribution in [3.8, 4) is 11.1 Å². The molecular weight excluding hydrogens is 291 g/mol. The van der Waals surface area contributed by atoms with Crippen molar-refractivity contribution in [3.63, 3.8) is 0 Å². The highest BCUT2D eigenvalue weighted by molar-refractivity contribution is 6.32. The topological polar surface area (TPSA) is 16.1 Å². The van der Waals surface area contributed by atoms with Gasteiger partial charge in [-0.15, -0.1) is 0 Å². The number of aromatic nitrogens is 1. The summed E-state index contributed by atoms with van der Waals surface area (Å²) in [6, 6.07) is 10.4. The van der Waals surface area contributed by atoms with Crippen LogP contribution >= 0.6 is 0 Å². The zero-order valence-electron chi connectivity index (χ0n) is 15.0. The molecular formula is C21H27BN2. The lowest BCUT2D eigenvalue weighted by Gasteiger charge is -2.21. The van der Waals surface area contributed by atoms with Gasteiger partial charge in [0.05, 0.1) is 5.69 Å². The van der Waals surface area contributed by atoms with Crippen LogP contribution in [0.1, 0.15) is 49.8 Å². The lowest BCUT2D eigenvalue weighted by Crippen LogP contribution is -2.15. The van der Waals surface area contributed by atoms with Gasteiger partial charge in [-0.05, 0) is 36.1 Å². The number of anilines is 1. The molecule has 0 saturated heterocycles. The standard InChI is InChI=1S/C15H15BN2.C6H12/c1-18(2)15-8-6-13-12-5-4-11(16)9-10(12)3-7-14(13)17-15;1-2-4-6-5-3-1/h4-6,8-9H,3,7H2,1-2H3;1-6H2. The molecule has 1 fully saturated rings. The molecule has 2 radical (unpaired) electrons. The number of hydrogen-bond acceptors (Lipinski definition) is 2. The Labute approximate surface area is 147 Å². The van der Waals surface area contributed by atoms with Crippen molar-refractivity contribution >= 4 is 19.1 Å². The first-order valence-corrected chi connectivity index (χ1v) is 9.21. The minimum Gasteiger partial charge on any atom is -0.363 e. The number of benzene rings is 1. The van der Waals surface area contributed by atoms with E-state index in [-0.39, 0.29) is 0 Å². The van der Waals surface area contributed by atoms with Gasteiger partial charge in [-0.3, -0.25) is 0 Å². The molecule has 0 N–H and O–H groups in total. The maximum atomic E-state index is 5.84. The van der Waals surface area contributed by atoms with Gasteiger partial charge in [-0.1, -0.05) is 62.2 Å². The molecule has 2 aromatic rings. The van der Waals surface area contributed by atoms with Gasteiger partial charge in [0.25, 0.3) is 0 Å². The summed E-state index contributed by atoms with van der Waals surface area (Å²) in [6.07, 6.45) is 11.0. The largest absolute Gasteiger partial charge is 0.363 e. The number of fused-ring (bicyclic) bond motifs is 3. The van der Waals surface area contributed by atoms with Gasteiger partial charge in [0.1, 0.15) is 13.7 Å². The second-order valence-electron chi connectivity index (χ2n) is 7.10. The minimum atomic E-state index is 0.843. The van der Waals surface area contributed by atoms with Crippen LogP contribution in [0.2, 0.25) is 0 Å². The van der Waals surface area contributed by atoms with Gasteiger partial charge in [0.15, 0.2) is 0 Å². The van der Waals surface area contributed by atoms with Crippen LogP contribution in [0.5, 0.6) is 0 Å². The molecule has 1 saturated carbocycles. The fourth-order valence-corrected chi connectivity index (χ4v) is 3.57. The van der Waals surface area contributed by atoms with Crippen LogP contribution < -0.4 is 10.4 Å². The quantitative estimate of drug-likeness (QED) is 0.738. The number of rotatable bonds is 1. The molecule has 2 nitrogen and oxygen atoms in total. The minimum absolute atomic E-state index is 0.843. The molecule has 1 aromatic carbocycles. The lowest BCUT2D eigenvalue weighted by atomic mass is 9.84. The highest BCUT2D eigenvalue weighted by Gasteiger charge is 2.17. The lowest BCUT2D eigenvalue weighted by molar-refractivity contribution is 0.504. The first-order chi connectivity index (χ1) is 11.6. The molecule has 4 rings (SSSR count). The average molecular weight is 318 g/mol. The van der Waals surface area contributed by atoms with Crippen LogP contribution in [-0.4, -0.2) is 26.9 Å². The van der Waals surface area contributed by atoms with E-state index >= 15 is 0 Å². The summed E-state index contributed by atoms with van der Waals surface area (Å²) in [5.41, 5.74) is 5.90. The molecule has 24 heavy (non-hydrogen) atoms. The number of pyridine rings is 1. The normalized spacial score (nSPS) is 15.6. The van der Waals surface area contributed by atoms with Gasteiger partial charge in [0.2, 0.25) is 0 Å². The maximum absolute atomic E-state index is 5.84. The molecule has 0 unspecified atom stereocenters. The first kappa shape index (κ1) is 17.1. The molecule has 124 valence electrons. The summed E-state index contributed by atoms with van der Waals surface area (Å²) in [7, 11) is 9.88. The zero-order chi connectivity index (χ0) is 16.9. The van der Waals surface area contributed by atoms with Crippen LogP contribution in [0.4, 0.5) is 5.82 Å². The summed E-state index contributed by atoms with van der Waals surface area (Å²) in [6.45, 7) is 0. The molecule has 3 heteroatoms. The third-order valence-corrected chi connectivity index (χ3v) is 4.97. The molecule has 1 heterocycles. The Morgan fingerprint density at radius 1 is 0.833 bits per heavy atom. The van der Waals surface area contributed by atoms with E-state index in [0.717, 1.165) is 24.1 Å². The number of nitrogens with zero attached hydrogens (tertiary/aromatic N) is 2. The molecule has 2 aliphatic carbocycles. The fourth-order valence-electron chi connectivity index (χ4n) is 3.57. The Balaban J connectivity index is 0.000000238. The molecule has 1 aromatic heterocycles. The Morgan fingerprint density at radius 2 is 1.46 bits per heavy atom. The van der Waals surface area contributed by atoms with E-state index in [1.807, 2.05) is 25.1 Å². The van der Waals surface area contributed by atoms with Crippen molar-refractivity contribution in [2.75, 3.05) is 19.0 Å². The van der Waals surface area contributed by atoms with Gasteiger partial charge >= 0.3 is 0 Å². The summed E-state index contributed by atoms with van der Waals surface area (Å²) in [5, 5.41) is 0. The van der Waals surface area contributed by atoms with E-state index in [1.165, 1.54) is 60.9 Å². The highest BCUT2D eigenvalue weighted by Crippen LogP contribution is 2.32. The SMILES string of the molecule is C1CCCCC1.[B]c1ccc2c(c1)CCc1nc(N(C)C)ccc1-2. The predicted octanol–water partition coefficient (Wildman–Crippen LogP) is 4.05. The monoisotopic (exact) mass is 318 g/mol. The summed E-state index contributed by atoms with van der Waals surface area (Å²) in [5.74, 6) is 1.02. The highest BCUT2D eigenvalue weighted by atomic mass is 15.1.